The molecule has 146 valence electrons. The maximum atomic E-state index is 12.7. The first kappa shape index (κ1) is 18.7. The van der Waals surface area contributed by atoms with Gasteiger partial charge in [-0.2, -0.15) is 0 Å². The van der Waals surface area contributed by atoms with Gasteiger partial charge >= 0.3 is 0 Å². The lowest BCUT2D eigenvalue weighted by atomic mass is 9.48. The molecule has 4 aliphatic carbocycles. The predicted molar refractivity (Wildman–Crippen MR) is 108 cm³/mol. The van der Waals surface area contributed by atoms with Crippen molar-refractivity contribution >= 4 is 17.4 Å². The summed E-state index contributed by atoms with van der Waals surface area (Å²) in [7, 11) is 0. The van der Waals surface area contributed by atoms with Crippen LogP contribution >= 0.6 is 0 Å². The Labute approximate surface area is 162 Å². The zero-order valence-corrected chi connectivity index (χ0v) is 16.8. The number of nitrogens with one attached hydrogen (secondary N) is 2. The fourth-order valence-electron chi connectivity index (χ4n) is 6.37. The Morgan fingerprint density at radius 3 is 1.96 bits per heavy atom. The number of ketones is 1. The van der Waals surface area contributed by atoms with Crippen molar-refractivity contribution in [2.24, 2.45) is 23.2 Å². The second-order valence-corrected chi connectivity index (χ2v) is 9.51. The molecule has 4 saturated carbocycles. The van der Waals surface area contributed by atoms with Gasteiger partial charge in [-0.1, -0.05) is 0 Å². The highest BCUT2D eigenvalue weighted by atomic mass is 16.2. The van der Waals surface area contributed by atoms with E-state index in [-0.39, 0.29) is 17.7 Å². The molecule has 27 heavy (non-hydrogen) atoms. The number of carbonyl (C=O) groups excluding carboxylic acids is 2. The molecular formula is C23H32N2O2. The summed E-state index contributed by atoms with van der Waals surface area (Å²) in [6.07, 6.45) is 8.35. The molecule has 4 nitrogen and oxygen atoms in total. The van der Waals surface area contributed by atoms with Crippen LogP contribution in [-0.2, 0) is 4.79 Å². The third-order valence-electron chi connectivity index (χ3n) is 7.46. The van der Waals surface area contributed by atoms with Gasteiger partial charge in [0, 0.05) is 17.3 Å². The Balaban J connectivity index is 1.36. The maximum Gasteiger partial charge on any atom is 0.241 e. The Morgan fingerprint density at radius 2 is 1.48 bits per heavy atom. The van der Waals surface area contributed by atoms with E-state index in [0.29, 0.717) is 17.0 Å². The number of rotatable bonds is 6. The van der Waals surface area contributed by atoms with Crippen molar-refractivity contribution in [3.05, 3.63) is 29.8 Å². The topological polar surface area (TPSA) is 58.2 Å². The summed E-state index contributed by atoms with van der Waals surface area (Å²) >= 11 is 0. The molecule has 0 unspecified atom stereocenters. The summed E-state index contributed by atoms with van der Waals surface area (Å²) in [5, 5.41) is 6.59. The van der Waals surface area contributed by atoms with Crippen LogP contribution in [0.15, 0.2) is 24.3 Å². The molecule has 0 aromatic heterocycles. The third kappa shape index (κ3) is 3.69. The first-order valence-electron chi connectivity index (χ1n) is 10.5. The Morgan fingerprint density at radius 1 is 0.963 bits per heavy atom. The van der Waals surface area contributed by atoms with Gasteiger partial charge in [0.05, 0.1) is 6.04 Å². The minimum Gasteiger partial charge on any atom is -0.325 e. The van der Waals surface area contributed by atoms with Crippen LogP contribution in [-0.4, -0.2) is 23.8 Å². The molecule has 1 aromatic rings. The highest BCUT2D eigenvalue weighted by Gasteiger charge is 2.53. The van der Waals surface area contributed by atoms with Gasteiger partial charge in [0.2, 0.25) is 5.91 Å². The summed E-state index contributed by atoms with van der Waals surface area (Å²) in [6.45, 7) is 5.79. The highest BCUT2D eigenvalue weighted by molar-refractivity contribution is 5.96. The molecule has 4 fully saturated rings. The van der Waals surface area contributed by atoms with Gasteiger partial charge in [0.1, 0.15) is 0 Å². The number of amides is 1. The number of hydrogen-bond donors (Lipinski definition) is 2. The van der Waals surface area contributed by atoms with E-state index in [9.17, 15) is 9.59 Å². The van der Waals surface area contributed by atoms with Gasteiger partial charge in [0.25, 0.3) is 0 Å². The van der Waals surface area contributed by atoms with Gasteiger partial charge in [0.15, 0.2) is 5.78 Å². The summed E-state index contributed by atoms with van der Waals surface area (Å²) in [5.74, 6) is 2.78. The van der Waals surface area contributed by atoms with Gasteiger partial charge in [-0.05, 0) is 107 Å². The molecule has 4 heteroatoms. The Hall–Kier alpha value is -1.68. The van der Waals surface area contributed by atoms with E-state index in [1.54, 1.807) is 31.2 Å². The fourth-order valence-corrected chi connectivity index (χ4v) is 6.37. The minimum absolute atomic E-state index is 0.0119. The van der Waals surface area contributed by atoms with Crippen molar-refractivity contribution < 1.29 is 9.59 Å². The smallest absolute Gasteiger partial charge is 0.241 e. The SMILES string of the molecule is CC(=O)c1ccc(NC(=O)[C@@H](C)N[C@H](C)C23CC4CC(CC(C4)C2)C3)cc1. The van der Waals surface area contributed by atoms with Crippen molar-refractivity contribution in [3.63, 3.8) is 0 Å². The van der Waals surface area contributed by atoms with Crippen LogP contribution in [0.3, 0.4) is 0 Å². The monoisotopic (exact) mass is 368 g/mol. The molecule has 1 aromatic carbocycles. The molecule has 4 bridgehead atoms. The summed E-state index contributed by atoms with van der Waals surface area (Å²) in [4.78, 5) is 24.0. The van der Waals surface area contributed by atoms with Gasteiger partial charge in [-0.25, -0.2) is 0 Å². The van der Waals surface area contributed by atoms with E-state index in [1.165, 1.54) is 38.5 Å². The van der Waals surface area contributed by atoms with Crippen molar-refractivity contribution in [2.75, 3.05) is 5.32 Å². The molecule has 0 spiro atoms. The Kier molecular flexibility index (Phi) is 4.87. The van der Waals surface area contributed by atoms with Crippen molar-refractivity contribution in [2.45, 2.75) is 71.4 Å². The molecule has 0 radical (unpaired) electrons. The van der Waals surface area contributed by atoms with E-state index in [2.05, 4.69) is 17.6 Å². The molecule has 0 aliphatic heterocycles. The molecule has 2 N–H and O–H groups in total. The summed E-state index contributed by atoms with van der Waals surface area (Å²) < 4.78 is 0. The fraction of sp³-hybridized carbons (Fsp3) is 0.652. The zero-order chi connectivity index (χ0) is 19.2. The summed E-state index contributed by atoms with van der Waals surface area (Å²) in [6, 6.07) is 7.24. The van der Waals surface area contributed by atoms with Gasteiger partial charge in [-0.3, -0.25) is 9.59 Å². The average Bonchev–Trinajstić information content (AvgIpc) is 2.60. The van der Waals surface area contributed by atoms with E-state index < -0.39 is 0 Å². The normalized spacial score (nSPS) is 33.5. The second-order valence-electron chi connectivity index (χ2n) is 9.51. The molecule has 1 amide bonds. The quantitative estimate of drug-likeness (QED) is 0.731. The van der Waals surface area contributed by atoms with Crippen LogP contribution < -0.4 is 10.6 Å². The maximum absolute atomic E-state index is 12.7. The van der Waals surface area contributed by atoms with Crippen molar-refractivity contribution in [1.82, 2.24) is 5.32 Å². The largest absolute Gasteiger partial charge is 0.325 e. The highest BCUT2D eigenvalue weighted by Crippen LogP contribution is 2.61. The number of benzene rings is 1. The van der Waals surface area contributed by atoms with Crippen LogP contribution in [0.1, 0.15) is 69.7 Å². The lowest BCUT2D eigenvalue weighted by molar-refractivity contribution is -0.119. The van der Waals surface area contributed by atoms with E-state index in [1.807, 2.05) is 6.92 Å². The van der Waals surface area contributed by atoms with E-state index in [0.717, 1.165) is 23.4 Å². The summed E-state index contributed by atoms with van der Waals surface area (Å²) in [5.41, 5.74) is 1.79. The van der Waals surface area contributed by atoms with Crippen LogP contribution in [0.2, 0.25) is 0 Å². The minimum atomic E-state index is -0.236. The molecule has 4 aliphatic rings. The lowest BCUT2D eigenvalue weighted by Crippen LogP contribution is -2.57. The predicted octanol–water partition coefficient (Wildman–Crippen LogP) is 4.41. The van der Waals surface area contributed by atoms with Crippen LogP contribution in [0.25, 0.3) is 0 Å². The lowest BCUT2D eigenvalue weighted by Gasteiger charge is -2.59. The molecule has 2 atom stereocenters. The zero-order valence-electron chi connectivity index (χ0n) is 16.8. The number of carbonyl (C=O) groups is 2. The first-order valence-corrected chi connectivity index (χ1v) is 10.5. The molecule has 5 rings (SSSR count). The molecule has 0 saturated heterocycles. The number of Topliss-reactive ketones (excluding diaryl/α,β-unsaturated/α-hetero) is 1. The van der Waals surface area contributed by atoms with Crippen LogP contribution in [0, 0.1) is 23.2 Å². The van der Waals surface area contributed by atoms with Crippen LogP contribution in [0.4, 0.5) is 5.69 Å². The van der Waals surface area contributed by atoms with Crippen molar-refractivity contribution in [1.29, 1.82) is 0 Å². The molecular weight excluding hydrogens is 336 g/mol. The van der Waals surface area contributed by atoms with Crippen molar-refractivity contribution in [3.8, 4) is 0 Å². The first-order chi connectivity index (χ1) is 12.8. The standard InChI is InChI=1S/C23H32N2O2/c1-14(22(27)25-21-6-4-20(5-7-21)15(2)26)24-16(3)23-11-17-8-18(12-23)10-19(9-17)13-23/h4-7,14,16-19,24H,8-13H2,1-3H3,(H,25,27)/t14-,16-,17?,18?,19?,23?/m1/s1. The second kappa shape index (κ2) is 7.05. The van der Waals surface area contributed by atoms with E-state index >= 15 is 0 Å². The number of hydrogen-bond acceptors (Lipinski definition) is 3. The number of anilines is 1. The average molecular weight is 369 g/mol. The Bertz CT molecular complexity index is 689. The van der Waals surface area contributed by atoms with Gasteiger partial charge in [-0.15, -0.1) is 0 Å². The van der Waals surface area contributed by atoms with Crippen LogP contribution in [0.5, 0.6) is 0 Å². The third-order valence-corrected chi connectivity index (χ3v) is 7.46. The van der Waals surface area contributed by atoms with Gasteiger partial charge < -0.3 is 10.6 Å². The van der Waals surface area contributed by atoms with E-state index in [4.69, 9.17) is 0 Å². The molecule has 0 heterocycles.